The predicted octanol–water partition coefficient (Wildman–Crippen LogP) is 1.50. The number of carbonyl (C=O) groups is 1. The second kappa shape index (κ2) is 5.44. The summed E-state index contributed by atoms with van der Waals surface area (Å²) in [6.45, 7) is 3.10. The largest absolute Gasteiger partial charge is 0.349 e. The summed E-state index contributed by atoms with van der Waals surface area (Å²) < 4.78 is 2.09. The minimum atomic E-state index is 0.222. The van der Waals surface area contributed by atoms with E-state index < -0.39 is 0 Å². The number of imidazole rings is 1. The van der Waals surface area contributed by atoms with Crippen LogP contribution in [0, 0.1) is 11.3 Å². The standard InChI is InChI=1S/C16H26N4O/c1-18(2)15(21)14-5-4-6-16(14)7-8-20(11-16)10-13-9-17-12-19(13)3/h9,12,14H,4-8,10-11H2,1-3H3/t14-,16-/m1/s1. The lowest BCUT2D eigenvalue weighted by Crippen LogP contribution is -2.40. The third-order valence-electron chi connectivity index (χ3n) is 5.41. The maximum Gasteiger partial charge on any atom is 0.225 e. The fourth-order valence-electron chi connectivity index (χ4n) is 4.21. The molecule has 5 nitrogen and oxygen atoms in total. The molecule has 2 fully saturated rings. The van der Waals surface area contributed by atoms with E-state index in [1.54, 1.807) is 4.90 Å². The van der Waals surface area contributed by atoms with Gasteiger partial charge >= 0.3 is 0 Å². The molecule has 2 heterocycles. The van der Waals surface area contributed by atoms with Crippen molar-refractivity contribution < 1.29 is 4.79 Å². The van der Waals surface area contributed by atoms with Crippen LogP contribution in [0.4, 0.5) is 0 Å². The smallest absolute Gasteiger partial charge is 0.225 e. The molecule has 0 aromatic carbocycles. The van der Waals surface area contributed by atoms with Crippen molar-refractivity contribution in [1.82, 2.24) is 19.4 Å². The van der Waals surface area contributed by atoms with Crippen molar-refractivity contribution in [1.29, 1.82) is 0 Å². The molecule has 2 atom stereocenters. The van der Waals surface area contributed by atoms with Crippen LogP contribution in [0.3, 0.4) is 0 Å². The van der Waals surface area contributed by atoms with E-state index in [1.807, 2.05) is 33.7 Å². The van der Waals surface area contributed by atoms with Gasteiger partial charge in [0.05, 0.1) is 12.0 Å². The summed E-state index contributed by atoms with van der Waals surface area (Å²) in [5.41, 5.74) is 1.47. The maximum atomic E-state index is 12.5. The molecule has 1 spiro atoms. The summed E-state index contributed by atoms with van der Waals surface area (Å²) in [5, 5.41) is 0. The van der Waals surface area contributed by atoms with Gasteiger partial charge in [0.25, 0.3) is 0 Å². The second-order valence-corrected chi connectivity index (χ2v) is 7.00. The van der Waals surface area contributed by atoms with Crippen LogP contribution in [0.25, 0.3) is 0 Å². The lowest BCUT2D eigenvalue weighted by Gasteiger charge is -2.32. The zero-order valence-electron chi connectivity index (χ0n) is 13.4. The van der Waals surface area contributed by atoms with Gasteiger partial charge in [-0.1, -0.05) is 6.42 Å². The Bertz CT molecular complexity index is 524. The molecule has 0 unspecified atom stereocenters. The Morgan fingerprint density at radius 3 is 2.95 bits per heavy atom. The van der Waals surface area contributed by atoms with Crippen LogP contribution in [-0.4, -0.2) is 52.4 Å². The Hall–Kier alpha value is -1.36. The Morgan fingerprint density at radius 1 is 1.48 bits per heavy atom. The first kappa shape index (κ1) is 14.6. The van der Waals surface area contributed by atoms with E-state index >= 15 is 0 Å². The number of likely N-dealkylation sites (tertiary alicyclic amines) is 1. The average Bonchev–Trinajstić information content (AvgIpc) is 3.14. The maximum absolute atomic E-state index is 12.5. The zero-order chi connectivity index (χ0) is 15.0. The summed E-state index contributed by atoms with van der Waals surface area (Å²) in [4.78, 5) is 20.9. The van der Waals surface area contributed by atoms with Crippen LogP contribution in [0.2, 0.25) is 0 Å². The summed E-state index contributed by atoms with van der Waals surface area (Å²) in [7, 11) is 5.82. The van der Waals surface area contributed by atoms with E-state index in [4.69, 9.17) is 0 Å². The molecule has 21 heavy (non-hydrogen) atoms. The second-order valence-electron chi connectivity index (χ2n) is 7.00. The molecule has 1 aliphatic heterocycles. The minimum absolute atomic E-state index is 0.222. The van der Waals surface area contributed by atoms with E-state index in [-0.39, 0.29) is 11.3 Å². The lowest BCUT2D eigenvalue weighted by molar-refractivity contribution is -0.136. The summed E-state index contributed by atoms with van der Waals surface area (Å²) in [6.07, 6.45) is 8.44. The molecule has 2 aliphatic rings. The first-order valence-corrected chi connectivity index (χ1v) is 7.90. The van der Waals surface area contributed by atoms with Gasteiger partial charge in [0.2, 0.25) is 5.91 Å². The van der Waals surface area contributed by atoms with E-state index in [9.17, 15) is 4.79 Å². The average molecular weight is 290 g/mol. The monoisotopic (exact) mass is 290 g/mol. The number of amides is 1. The van der Waals surface area contributed by atoms with Gasteiger partial charge in [-0.15, -0.1) is 0 Å². The fourth-order valence-corrected chi connectivity index (χ4v) is 4.21. The quantitative estimate of drug-likeness (QED) is 0.847. The number of carbonyl (C=O) groups excluding carboxylic acids is 1. The van der Waals surface area contributed by atoms with Gasteiger partial charge in [-0.2, -0.15) is 0 Å². The molecule has 0 N–H and O–H groups in total. The van der Waals surface area contributed by atoms with Crippen molar-refractivity contribution in [3.63, 3.8) is 0 Å². The van der Waals surface area contributed by atoms with E-state index in [0.29, 0.717) is 5.91 Å². The van der Waals surface area contributed by atoms with Crippen molar-refractivity contribution in [3.8, 4) is 0 Å². The number of aryl methyl sites for hydroxylation is 1. The molecule has 1 amide bonds. The molecule has 3 rings (SSSR count). The minimum Gasteiger partial charge on any atom is -0.349 e. The number of hydrogen-bond acceptors (Lipinski definition) is 3. The Kier molecular flexibility index (Phi) is 3.78. The lowest BCUT2D eigenvalue weighted by atomic mass is 9.76. The Morgan fingerprint density at radius 2 is 2.29 bits per heavy atom. The van der Waals surface area contributed by atoms with Gasteiger partial charge in [0, 0.05) is 46.3 Å². The highest BCUT2D eigenvalue weighted by molar-refractivity contribution is 5.79. The van der Waals surface area contributed by atoms with Crippen molar-refractivity contribution in [2.45, 2.75) is 32.2 Å². The van der Waals surface area contributed by atoms with Crippen LogP contribution in [0.5, 0.6) is 0 Å². The van der Waals surface area contributed by atoms with Crippen LogP contribution in [0.1, 0.15) is 31.4 Å². The highest BCUT2D eigenvalue weighted by atomic mass is 16.2. The Labute approximate surface area is 126 Å². The Balaban J connectivity index is 1.70. The molecule has 1 aromatic rings. The molecule has 1 saturated heterocycles. The zero-order valence-corrected chi connectivity index (χ0v) is 13.4. The van der Waals surface area contributed by atoms with Gasteiger partial charge < -0.3 is 9.47 Å². The van der Waals surface area contributed by atoms with Gasteiger partial charge in [-0.25, -0.2) is 4.98 Å². The van der Waals surface area contributed by atoms with Crippen molar-refractivity contribution in [3.05, 3.63) is 18.2 Å². The molecule has 5 heteroatoms. The number of aromatic nitrogens is 2. The number of nitrogens with zero attached hydrogens (tertiary/aromatic N) is 4. The topological polar surface area (TPSA) is 41.4 Å². The number of rotatable bonds is 3. The molecule has 0 radical (unpaired) electrons. The highest BCUT2D eigenvalue weighted by Gasteiger charge is 2.50. The molecule has 1 aliphatic carbocycles. The molecular weight excluding hydrogens is 264 g/mol. The summed E-state index contributed by atoms with van der Waals surface area (Å²) in [6, 6.07) is 0. The molecule has 1 aromatic heterocycles. The molecule has 1 saturated carbocycles. The number of hydrogen-bond donors (Lipinski definition) is 0. The van der Waals surface area contributed by atoms with Crippen LogP contribution < -0.4 is 0 Å². The SMILES string of the molecule is CN(C)C(=O)[C@H]1CCC[C@]12CCN(Cc1cncn1C)C2. The third kappa shape index (κ3) is 2.59. The van der Waals surface area contributed by atoms with E-state index in [1.165, 1.54) is 18.5 Å². The first-order valence-electron chi connectivity index (χ1n) is 7.90. The van der Waals surface area contributed by atoms with Gasteiger partial charge in [-0.3, -0.25) is 9.69 Å². The van der Waals surface area contributed by atoms with Crippen LogP contribution in [0.15, 0.2) is 12.5 Å². The highest BCUT2D eigenvalue weighted by Crippen LogP contribution is 2.50. The van der Waals surface area contributed by atoms with Gasteiger partial charge in [0.1, 0.15) is 0 Å². The normalized spacial score (nSPS) is 29.4. The van der Waals surface area contributed by atoms with Crippen molar-refractivity contribution >= 4 is 5.91 Å². The summed E-state index contributed by atoms with van der Waals surface area (Å²) >= 11 is 0. The third-order valence-corrected chi connectivity index (χ3v) is 5.41. The van der Waals surface area contributed by atoms with Crippen molar-refractivity contribution in [2.24, 2.45) is 18.4 Å². The summed E-state index contributed by atoms with van der Waals surface area (Å²) in [5.74, 6) is 0.555. The molecular formula is C16H26N4O. The van der Waals surface area contributed by atoms with Crippen molar-refractivity contribution in [2.75, 3.05) is 27.2 Å². The van der Waals surface area contributed by atoms with E-state index in [2.05, 4.69) is 14.5 Å². The fraction of sp³-hybridized carbons (Fsp3) is 0.750. The van der Waals surface area contributed by atoms with Crippen LogP contribution >= 0.6 is 0 Å². The first-order chi connectivity index (χ1) is 10.0. The molecule has 0 bridgehead atoms. The molecule has 116 valence electrons. The van der Waals surface area contributed by atoms with Crippen LogP contribution in [-0.2, 0) is 18.4 Å². The van der Waals surface area contributed by atoms with E-state index in [0.717, 1.165) is 32.5 Å². The predicted molar refractivity (Wildman–Crippen MR) is 81.6 cm³/mol. The van der Waals surface area contributed by atoms with Gasteiger partial charge in [0.15, 0.2) is 0 Å². The van der Waals surface area contributed by atoms with Gasteiger partial charge in [-0.05, 0) is 31.2 Å².